The van der Waals surface area contributed by atoms with Crippen molar-refractivity contribution in [3.05, 3.63) is 0 Å². The summed E-state index contributed by atoms with van der Waals surface area (Å²) < 4.78 is 0. The van der Waals surface area contributed by atoms with Gasteiger partial charge >= 0.3 is 0 Å². The van der Waals surface area contributed by atoms with Gasteiger partial charge in [-0.3, -0.25) is 5.32 Å². The summed E-state index contributed by atoms with van der Waals surface area (Å²) in [5, 5.41) is 13.1. The zero-order valence-electron chi connectivity index (χ0n) is 14.5. The lowest BCUT2D eigenvalue weighted by molar-refractivity contribution is 0.222. The van der Waals surface area contributed by atoms with Gasteiger partial charge in [0.2, 0.25) is 0 Å². The summed E-state index contributed by atoms with van der Waals surface area (Å²) >= 11 is 0. The molecule has 0 spiro atoms. The van der Waals surface area contributed by atoms with Crippen LogP contribution in [0.15, 0.2) is 0 Å². The van der Waals surface area contributed by atoms with Crippen molar-refractivity contribution in [2.45, 2.75) is 51.5 Å². The highest BCUT2D eigenvalue weighted by atomic mass is 15.1. The van der Waals surface area contributed by atoms with Gasteiger partial charge in [0.05, 0.1) is 6.07 Å². The van der Waals surface area contributed by atoms with Crippen molar-refractivity contribution in [3.63, 3.8) is 0 Å². The summed E-state index contributed by atoms with van der Waals surface area (Å²) in [6.45, 7) is 9.80. The topological polar surface area (TPSA) is 42.3 Å². The number of hydrogen-bond acceptors (Lipinski definition) is 4. The average molecular weight is 294 g/mol. The summed E-state index contributed by atoms with van der Waals surface area (Å²) in [5.41, 5.74) is -0.252. The first-order chi connectivity index (χ1) is 10.1. The Bertz CT molecular complexity index is 323. The third-order valence-electron chi connectivity index (χ3n) is 4.83. The third-order valence-corrected chi connectivity index (χ3v) is 4.83. The van der Waals surface area contributed by atoms with Crippen molar-refractivity contribution in [3.8, 4) is 6.07 Å². The minimum atomic E-state index is -0.252. The van der Waals surface area contributed by atoms with Crippen LogP contribution in [-0.4, -0.2) is 62.2 Å². The molecule has 0 aromatic heterocycles. The molecule has 2 atom stereocenters. The van der Waals surface area contributed by atoms with Crippen LogP contribution < -0.4 is 5.32 Å². The Balaban J connectivity index is 2.42. The molecule has 0 heterocycles. The van der Waals surface area contributed by atoms with E-state index >= 15 is 0 Å². The van der Waals surface area contributed by atoms with Gasteiger partial charge in [0.25, 0.3) is 0 Å². The molecule has 0 radical (unpaired) electrons. The number of hydrogen-bond donors (Lipinski definition) is 1. The first kappa shape index (κ1) is 18.4. The maximum absolute atomic E-state index is 9.61. The van der Waals surface area contributed by atoms with Crippen LogP contribution in [0.4, 0.5) is 0 Å². The van der Waals surface area contributed by atoms with Crippen molar-refractivity contribution < 1.29 is 0 Å². The predicted octanol–water partition coefficient (Wildman–Crippen LogP) is 2.32. The van der Waals surface area contributed by atoms with Crippen LogP contribution in [0.25, 0.3) is 0 Å². The molecule has 122 valence electrons. The Morgan fingerprint density at radius 3 is 2.57 bits per heavy atom. The van der Waals surface area contributed by atoms with Gasteiger partial charge in [0.15, 0.2) is 0 Å². The summed E-state index contributed by atoms with van der Waals surface area (Å²) in [7, 11) is 4.26. The second kappa shape index (κ2) is 9.40. The maximum atomic E-state index is 9.61. The summed E-state index contributed by atoms with van der Waals surface area (Å²) in [6, 6.07) is 2.59. The van der Waals surface area contributed by atoms with E-state index in [4.69, 9.17) is 0 Å². The average Bonchev–Trinajstić information content (AvgIpc) is 2.86. The highest BCUT2D eigenvalue weighted by Crippen LogP contribution is 2.37. The minimum Gasteiger partial charge on any atom is -0.309 e. The summed E-state index contributed by atoms with van der Waals surface area (Å²) in [5.74, 6) is 0.519. The van der Waals surface area contributed by atoms with Crippen LogP contribution in [0.2, 0.25) is 0 Å². The zero-order valence-corrected chi connectivity index (χ0v) is 14.5. The normalized spacial score (nSPS) is 25.7. The second-order valence-electron chi connectivity index (χ2n) is 6.58. The van der Waals surface area contributed by atoms with Gasteiger partial charge in [-0.2, -0.15) is 5.26 Å². The lowest BCUT2D eigenvalue weighted by Gasteiger charge is -2.31. The van der Waals surface area contributed by atoms with Crippen molar-refractivity contribution in [2.75, 3.05) is 46.8 Å². The number of nitrogens with zero attached hydrogens (tertiary/aromatic N) is 3. The van der Waals surface area contributed by atoms with Crippen LogP contribution in [0.1, 0.15) is 46.0 Å². The van der Waals surface area contributed by atoms with Crippen molar-refractivity contribution in [1.82, 2.24) is 15.1 Å². The lowest BCUT2D eigenvalue weighted by atomic mass is 9.85. The fraction of sp³-hybridized carbons (Fsp3) is 0.941. The molecular weight excluding hydrogens is 260 g/mol. The van der Waals surface area contributed by atoms with Gasteiger partial charge in [0, 0.05) is 0 Å². The number of nitrogens with one attached hydrogen (secondary N) is 1. The van der Waals surface area contributed by atoms with Crippen LogP contribution in [0.5, 0.6) is 0 Å². The maximum Gasteiger partial charge on any atom is 0.109 e. The predicted molar refractivity (Wildman–Crippen MR) is 89.3 cm³/mol. The molecule has 0 saturated heterocycles. The molecule has 2 unspecified atom stereocenters. The molecule has 1 saturated carbocycles. The highest BCUT2D eigenvalue weighted by molar-refractivity contribution is 5.14. The smallest absolute Gasteiger partial charge is 0.109 e. The molecule has 21 heavy (non-hydrogen) atoms. The SMILES string of the molecule is CCNC1(C#N)CCCC1CCN(CC)CCCN(C)C. The molecule has 4 heteroatoms. The molecule has 1 aliphatic rings. The summed E-state index contributed by atoms with van der Waals surface area (Å²) in [4.78, 5) is 4.78. The molecule has 1 N–H and O–H groups in total. The molecular formula is C17H34N4. The van der Waals surface area contributed by atoms with Gasteiger partial charge in [-0.25, -0.2) is 0 Å². The molecule has 0 aliphatic heterocycles. The van der Waals surface area contributed by atoms with E-state index in [0.717, 1.165) is 39.0 Å². The van der Waals surface area contributed by atoms with Crippen LogP contribution >= 0.6 is 0 Å². The Morgan fingerprint density at radius 2 is 2.00 bits per heavy atom. The minimum absolute atomic E-state index is 0.252. The Kier molecular flexibility index (Phi) is 8.24. The van der Waals surface area contributed by atoms with E-state index < -0.39 is 0 Å². The van der Waals surface area contributed by atoms with Gasteiger partial charge in [0.1, 0.15) is 5.54 Å². The van der Waals surface area contributed by atoms with Crippen molar-refractivity contribution >= 4 is 0 Å². The van der Waals surface area contributed by atoms with Gasteiger partial charge in [-0.15, -0.1) is 0 Å². The Hall–Kier alpha value is -0.630. The van der Waals surface area contributed by atoms with Gasteiger partial charge in [-0.1, -0.05) is 20.3 Å². The summed E-state index contributed by atoms with van der Waals surface area (Å²) in [6.07, 6.45) is 5.79. The van der Waals surface area contributed by atoms with E-state index in [2.05, 4.69) is 49.1 Å². The van der Waals surface area contributed by atoms with E-state index in [1.807, 2.05) is 0 Å². The van der Waals surface area contributed by atoms with Crippen molar-refractivity contribution in [1.29, 1.82) is 5.26 Å². The first-order valence-electron chi connectivity index (χ1n) is 8.61. The fourth-order valence-electron chi connectivity index (χ4n) is 3.58. The Morgan fingerprint density at radius 1 is 1.24 bits per heavy atom. The first-order valence-corrected chi connectivity index (χ1v) is 8.61. The second-order valence-corrected chi connectivity index (χ2v) is 6.58. The largest absolute Gasteiger partial charge is 0.309 e. The molecule has 1 rings (SSSR count). The van der Waals surface area contributed by atoms with Gasteiger partial charge in [-0.05, 0) is 78.4 Å². The Labute approximate surface area is 131 Å². The molecule has 1 aliphatic carbocycles. The molecule has 0 aromatic carbocycles. The quantitative estimate of drug-likeness (QED) is 0.671. The van der Waals surface area contributed by atoms with Crippen LogP contribution in [0, 0.1) is 17.2 Å². The molecule has 4 nitrogen and oxygen atoms in total. The van der Waals surface area contributed by atoms with Crippen LogP contribution in [0.3, 0.4) is 0 Å². The van der Waals surface area contributed by atoms with E-state index in [1.165, 1.54) is 25.8 Å². The molecule has 0 amide bonds. The molecule has 0 aromatic rings. The van der Waals surface area contributed by atoms with E-state index in [9.17, 15) is 5.26 Å². The standard InChI is InChI=1S/C17H34N4/c1-5-19-17(15-18)11-7-9-16(17)10-14-21(6-2)13-8-12-20(3)4/h16,19H,5-14H2,1-4H3. The van der Waals surface area contributed by atoms with E-state index in [0.29, 0.717) is 5.92 Å². The molecule has 0 bridgehead atoms. The molecule has 1 fully saturated rings. The highest BCUT2D eigenvalue weighted by Gasteiger charge is 2.42. The van der Waals surface area contributed by atoms with Crippen LogP contribution in [-0.2, 0) is 0 Å². The number of rotatable bonds is 10. The fourth-order valence-corrected chi connectivity index (χ4v) is 3.58. The van der Waals surface area contributed by atoms with E-state index in [1.54, 1.807) is 0 Å². The number of nitriles is 1. The van der Waals surface area contributed by atoms with Gasteiger partial charge < -0.3 is 9.80 Å². The third kappa shape index (κ3) is 5.58. The lowest BCUT2D eigenvalue weighted by Crippen LogP contribution is -2.47. The van der Waals surface area contributed by atoms with Crippen molar-refractivity contribution in [2.24, 2.45) is 5.92 Å². The van der Waals surface area contributed by atoms with E-state index in [-0.39, 0.29) is 5.54 Å². The monoisotopic (exact) mass is 294 g/mol. The zero-order chi connectivity index (χ0) is 15.7.